The summed E-state index contributed by atoms with van der Waals surface area (Å²) in [4.78, 5) is -0.774. The van der Waals surface area contributed by atoms with Crippen LogP contribution in [0.5, 0.6) is 0 Å². The number of rotatable bonds is 4. The molecule has 0 aliphatic rings. The third kappa shape index (κ3) is 2.58. The molecule has 22 heavy (non-hydrogen) atoms. The summed E-state index contributed by atoms with van der Waals surface area (Å²) < 4.78 is 0. The molecule has 0 bridgehead atoms. The quantitative estimate of drug-likeness (QED) is 0.528. The highest BCUT2D eigenvalue weighted by molar-refractivity contribution is 6.32. The van der Waals surface area contributed by atoms with Crippen molar-refractivity contribution in [3.8, 4) is 0 Å². The minimum atomic E-state index is -0.774. The second-order valence-corrected chi connectivity index (χ2v) is 5.80. The normalized spacial score (nSPS) is 11.1. The van der Waals surface area contributed by atoms with Crippen molar-refractivity contribution in [3.63, 3.8) is 0 Å². The van der Waals surface area contributed by atoms with Crippen LogP contribution in [-0.4, -0.2) is 0 Å². The number of halogens is 1. The topological polar surface area (TPSA) is 0 Å². The predicted molar refractivity (Wildman–Crippen MR) is 95.0 cm³/mol. The Balaban J connectivity index is 2.18. The first-order chi connectivity index (χ1) is 10.7. The van der Waals surface area contributed by atoms with Gasteiger partial charge in [0.05, 0.1) is 0 Å². The van der Waals surface area contributed by atoms with Crippen LogP contribution in [-0.2, 0) is 4.87 Å². The Hall–Kier alpha value is -2.31. The number of hydrogen-bond donors (Lipinski definition) is 0. The third-order valence-electron chi connectivity index (χ3n) is 3.88. The van der Waals surface area contributed by atoms with Crippen LogP contribution in [0, 0.1) is 0 Å². The van der Waals surface area contributed by atoms with Crippen molar-refractivity contribution in [3.05, 3.63) is 114 Å². The Bertz CT molecular complexity index is 706. The first kappa shape index (κ1) is 14.6. The summed E-state index contributed by atoms with van der Waals surface area (Å²) in [6.07, 6.45) is 0. The fourth-order valence-corrected chi connectivity index (χ4v) is 3.05. The van der Waals surface area contributed by atoms with E-state index in [0.29, 0.717) is 0 Å². The molecule has 0 radical (unpaired) electrons. The van der Waals surface area contributed by atoms with Crippen LogP contribution in [0.4, 0.5) is 0 Å². The van der Waals surface area contributed by atoms with Crippen molar-refractivity contribution in [1.82, 2.24) is 0 Å². The van der Waals surface area contributed by atoms with Gasteiger partial charge in [0.2, 0.25) is 0 Å². The van der Waals surface area contributed by atoms with Gasteiger partial charge in [0.15, 0.2) is 0 Å². The Morgan fingerprint density at radius 1 is 0.636 bits per heavy atom. The van der Waals surface area contributed by atoms with Gasteiger partial charge in [-0.1, -0.05) is 97.6 Å². The van der Waals surface area contributed by atoms with Gasteiger partial charge in [0.1, 0.15) is 4.87 Å². The molecule has 0 heterocycles. The van der Waals surface area contributed by atoms with E-state index in [-0.39, 0.29) is 0 Å². The fraction of sp³-hybridized carbons (Fsp3) is 0.0476. The highest BCUT2D eigenvalue weighted by Crippen LogP contribution is 2.46. The van der Waals surface area contributed by atoms with Gasteiger partial charge in [-0.05, 0) is 22.3 Å². The maximum Gasteiger partial charge on any atom is 0.119 e. The van der Waals surface area contributed by atoms with Gasteiger partial charge >= 0.3 is 0 Å². The summed E-state index contributed by atoms with van der Waals surface area (Å²) in [5, 5.41) is 0. The van der Waals surface area contributed by atoms with Gasteiger partial charge in [-0.2, -0.15) is 0 Å². The first-order valence-electron chi connectivity index (χ1n) is 7.27. The lowest BCUT2D eigenvalue weighted by atomic mass is 9.81. The minimum Gasteiger partial charge on any atom is -0.104 e. The van der Waals surface area contributed by atoms with Crippen LogP contribution >= 0.6 is 11.6 Å². The number of benzene rings is 3. The zero-order valence-electron chi connectivity index (χ0n) is 12.2. The van der Waals surface area contributed by atoms with E-state index in [2.05, 4.69) is 6.58 Å². The maximum atomic E-state index is 7.18. The van der Waals surface area contributed by atoms with E-state index in [4.69, 9.17) is 11.6 Å². The van der Waals surface area contributed by atoms with E-state index in [1.165, 1.54) is 0 Å². The van der Waals surface area contributed by atoms with Gasteiger partial charge in [-0.15, -0.1) is 11.6 Å². The molecule has 1 heteroatoms. The van der Waals surface area contributed by atoms with Gasteiger partial charge in [0, 0.05) is 0 Å². The SMILES string of the molecule is C=C(c1ccccc1)C(Cl)(c1ccccc1)c1ccccc1. The monoisotopic (exact) mass is 304 g/mol. The molecule has 0 amide bonds. The molecular formula is C21H17Cl. The summed E-state index contributed by atoms with van der Waals surface area (Å²) in [5.41, 5.74) is 3.98. The minimum absolute atomic E-state index is 0.774. The molecule has 0 aromatic heterocycles. The van der Waals surface area contributed by atoms with Crippen LogP contribution in [0.3, 0.4) is 0 Å². The van der Waals surface area contributed by atoms with Gasteiger partial charge in [-0.25, -0.2) is 0 Å². The molecule has 0 N–H and O–H groups in total. The predicted octanol–water partition coefficient (Wildman–Crippen LogP) is 5.88. The number of hydrogen-bond acceptors (Lipinski definition) is 0. The van der Waals surface area contributed by atoms with Gasteiger partial charge < -0.3 is 0 Å². The molecular weight excluding hydrogens is 288 g/mol. The molecule has 3 aromatic carbocycles. The number of alkyl halides is 1. The molecule has 0 aliphatic carbocycles. The average Bonchev–Trinajstić information content (AvgIpc) is 2.62. The maximum absolute atomic E-state index is 7.18. The highest BCUT2D eigenvalue weighted by Gasteiger charge is 2.35. The molecule has 0 nitrogen and oxygen atoms in total. The molecule has 0 unspecified atom stereocenters. The lowest BCUT2D eigenvalue weighted by Crippen LogP contribution is -2.22. The standard InChI is InChI=1S/C21H17Cl/c1-17(18-11-5-2-6-12-18)21(22,19-13-7-3-8-14-19)20-15-9-4-10-16-20/h2-16H,1H2. The summed E-state index contributed by atoms with van der Waals surface area (Å²) >= 11 is 7.18. The lowest BCUT2D eigenvalue weighted by molar-refractivity contribution is 0.948. The van der Waals surface area contributed by atoms with E-state index in [0.717, 1.165) is 22.3 Å². The average molecular weight is 305 g/mol. The Labute approximate surface area is 136 Å². The van der Waals surface area contributed by atoms with Crippen LogP contribution in [0.2, 0.25) is 0 Å². The zero-order valence-corrected chi connectivity index (χ0v) is 13.0. The second-order valence-electron chi connectivity index (χ2n) is 5.24. The third-order valence-corrected chi connectivity index (χ3v) is 4.55. The zero-order chi connectivity index (χ0) is 15.4. The molecule has 3 rings (SSSR count). The van der Waals surface area contributed by atoms with Crippen LogP contribution in [0.25, 0.3) is 5.57 Å². The molecule has 0 atom stereocenters. The van der Waals surface area contributed by atoms with E-state index in [9.17, 15) is 0 Å². The van der Waals surface area contributed by atoms with Crippen molar-refractivity contribution >= 4 is 17.2 Å². The molecule has 0 aliphatic heterocycles. The van der Waals surface area contributed by atoms with E-state index >= 15 is 0 Å². The van der Waals surface area contributed by atoms with Crippen molar-refractivity contribution in [2.45, 2.75) is 4.87 Å². The van der Waals surface area contributed by atoms with Crippen molar-refractivity contribution in [2.75, 3.05) is 0 Å². The number of allylic oxidation sites excluding steroid dienone is 1. The molecule has 0 fully saturated rings. The van der Waals surface area contributed by atoms with Gasteiger partial charge in [-0.3, -0.25) is 0 Å². The first-order valence-corrected chi connectivity index (χ1v) is 7.65. The van der Waals surface area contributed by atoms with Crippen molar-refractivity contribution in [1.29, 1.82) is 0 Å². The van der Waals surface area contributed by atoms with Crippen LogP contribution in [0.15, 0.2) is 97.6 Å². The smallest absolute Gasteiger partial charge is 0.104 e. The summed E-state index contributed by atoms with van der Waals surface area (Å²) in [6, 6.07) is 30.3. The summed E-state index contributed by atoms with van der Waals surface area (Å²) in [7, 11) is 0. The van der Waals surface area contributed by atoms with Crippen molar-refractivity contribution < 1.29 is 0 Å². The van der Waals surface area contributed by atoms with Crippen LogP contribution < -0.4 is 0 Å². The fourth-order valence-electron chi connectivity index (χ4n) is 2.69. The largest absolute Gasteiger partial charge is 0.119 e. The molecule has 0 spiro atoms. The molecule has 0 saturated heterocycles. The molecule has 3 aromatic rings. The second kappa shape index (κ2) is 6.21. The Morgan fingerprint density at radius 2 is 1.00 bits per heavy atom. The molecule has 0 saturated carbocycles. The van der Waals surface area contributed by atoms with Crippen LogP contribution in [0.1, 0.15) is 16.7 Å². The van der Waals surface area contributed by atoms with Crippen molar-refractivity contribution in [2.24, 2.45) is 0 Å². The van der Waals surface area contributed by atoms with E-state index in [1.54, 1.807) is 0 Å². The summed E-state index contributed by atoms with van der Waals surface area (Å²) in [5.74, 6) is 0. The van der Waals surface area contributed by atoms with E-state index < -0.39 is 4.87 Å². The lowest BCUT2D eigenvalue weighted by Gasteiger charge is -2.31. The Kier molecular flexibility index (Phi) is 4.13. The Morgan fingerprint density at radius 3 is 1.41 bits per heavy atom. The molecule has 108 valence electrons. The highest BCUT2D eigenvalue weighted by atomic mass is 35.5. The van der Waals surface area contributed by atoms with Gasteiger partial charge in [0.25, 0.3) is 0 Å². The van der Waals surface area contributed by atoms with E-state index in [1.807, 2.05) is 91.0 Å². The summed E-state index contributed by atoms with van der Waals surface area (Å²) in [6.45, 7) is 4.32.